The number of nitrogens with zero attached hydrogens (tertiary/aromatic N) is 1. The second-order valence-corrected chi connectivity index (χ2v) is 3.92. The van der Waals surface area contributed by atoms with E-state index in [0.717, 1.165) is 0 Å². The van der Waals surface area contributed by atoms with Crippen LogP contribution in [0.4, 0.5) is 0 Å². The topological polar surface area (TPSA) is 39.2 Å². The molecule has 0 radical (unpaired) electrons. The first kappa shape index (κ1) is 11.2. The molecule has 0 atom stereocenters. The molecule has 0 bridgehead atoms. The number of ether oxygens (including phenoxy) is 1. The van der Waals surface area contributed by atoms with Gasteiger partial charge in [0, 0.05) is 23.2 Å². The van der Waals surface area contributed by atoms with E-state index in [-0.39, 0.29) is 0 Å². The summed E-state index contributed by atoms with van der Waals surface area (Å²) < 4.78 is 4.67. The maximum atomic E-state index is 11.5. The molecule has 0 saturated heterocycles. The molecule has 0 aliphatic carbocycles. The van der Waals surface area contributed by atoms with Crippen molar-refractivity contribution in [2.75, 3.05) is 7.11 Å². The number of benzene rings is 1. The minimum Gasteiger partial charge on any atom is -0.465 e. The highest BCUT2D eigenvalue weighted by Gasteiger charge is 2.15. The summed E-state index contributed by atoms with van der Waals surface area (Å²) in [6, 6.07) is 3.19. The highest BCUT2D eigenvalue weighted by atomic mass is 35.5. The average molecular weight is 256 g/mol. The fourth-order valence-electron chi connectivity index (χ4n) is 1.48. The van der Waals surface area contributed by atoms with Crippen LogP contribution < -0.4 is 0 Å². The summed E-state index contributed by atoms with van der Waals surface area (Å²) in [7, 11) is 1.31. The van der Waals surface area contributed by atoms with Gasteiger partial charge in [-0.2, -0.15) is 0 Å². The molecule has 2 rings (SSSR count). The Morgan fingerprint density at radius 2 is 2.12 bits per heavy atom. The number of carbonyl (C=O) groups is 1. The van der Waals surface area contributed by atoms with Gasteiger partial charge in [0.1, 0.15) is 0 Å². The Hall–Kier alpha value is -1.32. The molecule has 0 aliphatic rings. The lowest BCUT2D eigenvalue weighted by Crippen LogP contribution is -2.02. The Morgan fingerprint density at radius 3 is 2.81 bits per heavy atom. The smallest absolute Gasteiger partial charge is 0.338 e. The van der Waals surface area contributed by atoms with E-state index in [4.69, 9.17) is 23.2 Å². The number of methoxy groups -OCH3 is 1. The van der Waals surface area contributed by atoms with Crippen molar-refractivity contribution in [1.82, 2.24) is 4.98 Å². The number of aromatic nitrogens is 1. The first-order valence-corrected chi connectivity index (χ1v) is 5.20. The van der Waals surface area contributed by atoms with Crippen LogP contribution in [0.25, 0.3) is 10.8 Å². The van der Waals surface area contributed by atoms with E-state index < -0.39 is 5.97 Å². The minimum absolute atomic E-state index is 0.320. The minimum atomic E-state index is -0.462. The average Bonchev–Trinajstić information content (AvgIpc) is 2.33. The molecule has 3 nitrogen and oxygen atoms in total. The first-order valence-electron chi connectivity index (χ1n) is 4.45. The van der Waals surface area contributed by atoms with Gasteiger partial charge >= 0.3 is 5.97 Å². The molecular formula is C11H7Cl2NO2. The highest BCUT2D eigenvalue weighted by molar-refractivity contribution is 6.45. The zero-order valence-electron chi connectivity index (χ0n) is 8.33. The molecule has 16 heavy (non-hydrogen) atoms. The van der Waals surface area contributed by atoms with E-state index in [1.54, 1.807) is 18.5 Å². The van der Waals surface area contributed by atoms with Crippen LogP contribution in [-0.4, -0.2) is 18.1 Å². The molecular weight excluding hydrogens is 249 g/mol. The quantitative estimate of drug-likeness (QED) is 0.734. The maximum absolute atomic E-state index is 11.5. The van der Waals surface area contributed by atoms with E-state index >= 15 is 0 Å². The van der Waals surface area contributed by atoms with Gasteiger partial charge in [-0.25, -0.2) is 4.79 Å². The van der Waals surface area contributed by atoms with Crippen LogP contribution in [0.3, 0.4) is 0 Å². The van der Waals surface area contributed by atoms with Crippen molar-refractivity contribution < 1.29 is 9.53 Å². The summed E-state index contributed by atoms with van der Waals surface area (Å²) in [4.78, 5) is 15.5. The number of fused-ring (bicyclic) bond motifs is 1. The molecule has 2 aromatic rings. The normalized spacial score (nSPS) is 10.4. The maximum Gasteiger partial charge on any atom is 0.338 e. The van der Waals surface area contributed by atoms with Crippen LogP contribution in [0.1, 0.15) is 10.4 Å². The predicted octanol–water partition coefficient (Wildman–Crippen LogP) is 3.33. The summed E-state index contributed by atoms with van der Waals surface area (Å²) >= 11 is 12.0. The van der Waals surface area contributed by atoms with Crippen LogP contribution in [-0.2, 0) is 4.74 Å². The Kier molecular flexibility index (Phi) is 2.99. The van der Waals surface area contributed by atoms with E-state index in [1.807, 2.05) is 0 Å². The lowest BCUT2D eigenvalue weighted by molar-refractivity contribution is 0.0603. The monoisotopic (exact) mass is 255 g/mol. The van der Waals surface area contributed by atoms with Gasteiger partial charge in [-0.1, -0.05) is 23.2 Å². The number of rotatable bonds is 1. The van der Waals surface area contributed by atoms with Crippen molar-refractivity contribution in [3.05, 3.63) is 40.1 Å². The lowest BCUT2D eigenvalue weighted by Gasteiger charge is -2.07. The van der Waals surface area contributed by atoms with Gasteiger partial charge in [-0.3, -0.25) is 4.98 Å². The fraction of sp³-hybridized carbons (Fsp3) is 0.0909. The summed E-state index contributed by atoms with van der Waals surface area (Å²) in [5.74, 6) is -0.462. The van der Waals surface area contributed by atoms with Gasteiger partial charge in [0.15, 0.2) is 0 Å². The van der Waals surface area contributed by atoms with Crippen molar-refractivity contribution in [1.29, 1.82) is 0 Å². The molecule has 0 spiro atoms. The van der Waals surface area contributed by atoms with Gasteiger partial charge in [0.2, 0.25) is 0 Å². The molecule has 0 unspecified atom stereocenters. The number of carbonyl (C=O) groups excluding carboxylic acids is 1. The van der Waals surface area contributed by atoms with Gasteiger partial charge in [-0.15, -0.1) is 0 Å². The predicted molar refractivity (Wildman–Crippen MR) is 63.1 cm³/mol. The molecule has 0 aliphatic heterocycles. The SMILES string of the molecule is COC(=O)c1cc(Cl)c(Cl)c2ccncc12. The fourth-order valence-corrected chi connectivity index (χ4v) is 1.91. The second-order valence-electron chi connectivity index (χ2n) is 3.13. The van der Waals surface area contributed by atoms with E-state index in [2.05, 4.69) is 9.72 Å². The summed E-state index contributed by atoms with van der Waals surface area (Å²) in [5, 5.41) is 2.04. The zero-order valence-corrected chi connectivity index (χ0v) is 9.84. The molecule has 1 aromatic carbocycles. The van der Waals surface area contributed by atoms with Crippen molar-refractivity contribution in [2.45, 2.75) is 0 Å². The van der Waals surface area contributed by atoms with Crippen molar-refractivity contribution >= 4 is 39.9 Å². The Labute approximate surface area is 102 Å². The third-order valence-electron chi connectivity index (χ3n) is 2.23. The largest absolute Gasteiger partial charge is 0.465 e. The molecule has 0 saturated carbocycles. The van der Waals surface area contributed by atoms with E-state index in [0.29, 0.717) is 26.4 Å². The first-order chi connectivity index (χ1) is 7.65. The van der Waals surface area contributed by atoms with Gasteiger partial charge in [0.25, 0.3) is 0 Å². The lowest BCUT2D eigenvalue weighted by atomic mass is 10.1. The van der Waals surface area contributed by atoms with Crippen LogP contribution in [0.2, 0.25) is 10.0 Å². The standard InChI is InChI=1S/C11H7Cl2NO2/c1-16-11(15)7-4-9(12)10(13)6-2-3-14-5-8(6)7/h2-5H,1H3. The van der Waals surface area contributed by atoms with Crippen molar-refractivity contribution in [3.63, 3.8) is 0 Å². The highest BCUT2D eigenvalue weighted by Crippen LogP contribution is 2.33. The number of hydrogen-bond acceptors (Lipinski definition) is 3. The van der Waals surface area contributed by atoms with Crippen LogP contribution in [0, 0.1) is 0 Å². The van der Waals surface area contributed by atoms with E-state index in [9.17, 15) is 4.79 Å². The summed E-state index contributed by atoms with van der Waals surface area (Å²) in [5.41, 5.74) is 0.361. The Balaban J connectivity index is 2.85. The van der Waals surface area contributed by atoms with Crippen LogP contribution >= 0.6 is 23.2 Å². The third-order valence-corrected chi connectivity index (χ3v) is 3.04. The van der Waals surface area contributed by atoms with E-state index in [1.165, 1.54) is 13.2 Å². The number of pyridine rings is 1. The number of esters is 1. The molecule has 0 amide bonds. The van der Waals surface area contributed by atoms with Gasteiger partial charge < -0.3 is 4.74 Å². The van der Waals surface area contributed by atoms with Crippen LogP contribution in [0.15, 0.2) is 24.5 Å². The Morgan fingerprint density at radius 1 is 1.38 bits per heavy atom. The van der Waals surface area contributed by atoms with Crippen molar-refractivity contribution in [3.8, 4) is 0 Å². The molecule has 0 N–H and O–H groups in total. The molecule has 1 heterocycles. The number of hydrogen-bond donors (Lipinski definition) is 0. The van der Waals surface area contributed by atoms with Crippen molar-refractivity contribution in [2.24, 2.45) is 0 Å². The molecule has 1 aromatic heterocycles. The summed E-state index contributed by atoms with van der Waals surface area (Å²) in [6.45, 7) is 0. The third kappa shape index (κ3) is 1.72. The van der Waals surface area contributed by atoms with Gasteiger partial charge in [0.05, 0.1) is 22.7 Å². The number of halogens is 2. The molecule has 82 valence electrons. The second kappa shape index (κ2) is 4.28. The molecule has 5 heteroatoms. The van der Waals surface area contributed by atoms with Crippen LogP contribution in [0.5, 0.6) is 0 Å². The molecule has 0 fully saturated rings. The summed E-state index contributed by atoms with van der Waals surface area (Å²) in [6.07, 6.45) is 3.15. The zero-order chi connectivity index (χ0) is 11.7. The Bertz CT molecular complexity index is 569. The van der Waals surface area contributed by atoms with Gasteiger partial charge in [-0.05, 0) is 12.1 Å².